The van der Waals surface area contributed by atoms with Crippen LogP contribution in [-0.4, -0.2) is 78.8 Å². The van der Waals surface area contributed by atoms with Gasteiger partial charge in [-0.2, -0.15) is 5.10 Å². The van der Waals surface area contributed by atoms with Crippen molar-refractivity contribution in [3.8, 4) is 0 Å². The summed E-state index contributed by atoms with van der Waals surface area (Å²) >= 11 is 13.3. The monoisotopic (exact) mass is 607 g/mol. The lowest BCUT2D eigenvalue weighted by Crippen LogP contribution is -2.44. The van der Waals surface area contributed by atoms with Gasteiger partial charge in [0.1, 0.15) is 0 Å². The molecule has 2 N–H and O–H groups in total. The Hall–Kier alpha value is -3.57. The number of piperidine rings is 1. The van der Waals surface area contributed by atoms with Crippen molar-refractivity contribution >= 4 is 57.6 Å². The standard InChI is InChI=1S/C30H31Cl2N7O3/c1-30(2,42)16-39-26(32)25(13-34-39)36-29-33-12-17-10-23(31)22(11-24(17)35-29)19-8-9-37(3)14-18(19)15-38-27(40)20-6-4-5-7-21(20)28(38)41/h4-7,10-13,18-19,42H,8-9,14-16H2,1-3H3,(H,33,35,36)/t18?,19-/m0/s1. The highest BCUT2D eigenvalue weighted by Crippen LogP contribution is 2.40. The topological polar surface area (TPSA) is 116 Å². The second kappa shape index (κ2) is 10.9. The molecule has 12 heteroatoms. The Morgan fingerprint density at radius 1 is 1.10 bits per heavy atom. The van der Waals surface area contributed by atoms with Crippen LogP contribution in [0.1, 0.15) is 52.5 Å². The summed E-state index contributed by atoms with van der Waals surface area (Å²) in [5, 5.41) is 19.2. The van der Waals surface area contributed by atoms with E-state index >= 15 is 0 Å². The van der Waals surface area contributed by atoms with E-state index in [4.69, 9.17) is 28.2 Å². The summed E-state index contributed by atoms with van der Waals surface area (Å²) in [7, 11) is 2.05. The first-order valence-corrected chi connectivity index (χ1v) is 14.5. The quantitative estimate of drug-likeness (QED) is 0.283. The smallest absolute Gasteiger partial charge is 0.261 e. The van der Waals surface area contributed by atoms with Gasteiger partial charge in [0.05, 0.1) is 40.7 Å². The fourth-order valence-corrected chi connectivity index (χ4v) is 6.42. The number of imide groups is 1. The number of carbonyl (C=O) groups is 2. The average molecular weight is 609 g/mol. The summed E-state index contributed by atoms with van der Waals surface area (Å²) in [4.78, 5) is 39.0. The molecule has 1 unspecified atom stereocenters. The predicted molar refractivity (Wildman–Crippen MR) is 162 cm³/mol. The van der Waals surface area contributed by atoms with Crippen molar-refractivity contribution in [2.75, 3.05) is 32.0 Å². The first-order valence-electron chi connectivity index (χ1n) is 13.8. The van der Waals surface area contributed by atoms with E-state index in [1.54, 1.807) is 50.5 Å². The van der Waals surface area contributed by atoms with Gasteiger partial charge in [0.15, 0.2) is 5.15 Å². The number of rotatable bonds is 7. The van der Waals surface area contributed by atoms with Crippen LogP contribution in [0.3, 0.4) is 0 Å². The molecule has 42 heavy (non-hydrogen) atoms. The molecule has 2 aliphatic heterocycles. The zero-order chi connectivity index (χ0) is 29.8. The number of hydrogen-bond acceptors (Lipinski definition) is 8. The third-order valence-corrected chi connectivity index (χ3v) is 8.61. The Kier molecular flexibility index (Phi) is 7.43. The summed E-state index contributed by atoms with van der Waals surface area (Å²) < 4.78 is 1.51. The number of likely N-dealkylation sites (tertiary alicyclic amines) is 1. The predicted octanol–water partition coefficient (Wildman–Crippen LogP) is 4.98. The van der Waals surface area contributed by atoms with E-state index in [9.17, 15) is 14.7 Å². The number of aliphatic hydroxyl groups is 1. The van der Waals surface area contributed by atoms with E-state index in [-0.39, 0.29) is 30.2 Å². The normalized spacial score (nSPS) is 19.5. The molecule has 2 aromatic heterocycles. The van der Waals surface area contributed by atoms with Crippen LogP contribution in [0.4, 0.5) is 11.6 Å². The molecule has 4 aromatic rings. The van der Waals surface area contributed by atoms with Gasteiger partial charge in [-0.3, -0.25) is 14.5 Å². The van der Waals surface area contributed by atoms with Crippen molar-refractivity contribution in [2.45, 2.75) is 38.3 Å². The molecule has 2 aromatic carbocycles. The minimum absolute atomic E-state index is 0.0132. The van der Waals surface area contributed by atoms with Crippen LogP contribution in [-0.2, 0) is 6.54 Å². The molecule has 4 heterocycles. The molecular weight excluding hydrogens is 577 g/mol. The number of anilines is 2. The molecule has 0 aliphatic carbocycles. The number of fused-ring (bicyclic) bond motifs is 2. The van der Waals surface area contributed by atoms with Crippen LogP contribution >= 0.6 is 23.2 Å². The van der Waals surface area contributed by atoms with Gasteiger partial charge in [0.2, 0.25) is 5.95 Å². The number of halogens is 2. The number of nitrogens with zero attached hydrogens (tertiary/aromatic N) is 6. The lowest BCUT2D eigenvalue weighted by atomic mass is 9.80. The average Bonchev–Trinajstić information content (AvgIpc) is 3.39. The van der Waals surface area contributed by atoms with E-state index in [2.05, 4.69) is 20.3 Å². The van der Waals surface area contributed by atoms with Crippen molar-refractivity contribution < 1.29 is 14.7 Å². The molecule has 218 valence electrons. The summed E-state index contributed by atoms with van der Waals surface area (Å²) in [5.41, 5.74) is 2.08. The van der Waals surface area contributed by atoms with Gasteiger partial charge in [-0.1, -0.05) is 35.3 Å². The maximum absolute atomic E-state index is 13.1. The Labute approximate surface area is 253 Å². The van der Waals surface area contributed by atoms with Gasteiger partial charge < -0.3 is 15.3 Å². The maximum Gasteiger partial charge on any atom is 0.261 e. The molecule has 1 fully saturated rings. The number of nitrogens with one attached hydrogen (secondary N) is 1. The molecule has 2 aliphatic rings. The maximum atomic E-state index is 13.1. The minimum atomic E-state index is -0.979. The molecule has 0 saturated carbocycles. The van der Waals surface area contributed by atoms with E-state index in [0.717, 1.165) is 30.5 Å². The summed E-state index contributed by atoms with van der Waals surface area (Å²) in [6.45, 7) is 5.48. The van der Waals surface area contributed by atoms with Gasteiger partial charge in [0.25, 0.3) is 11.8 Å². The zero-order valence-corrected chi connectivity index (χ0v) is 25.0. The van der Waals surface area contributed by atoms with E-state index in [0.29, 0.717) is 45.0 Å². The van der Waals surface area contributed by atoms with Gasteiger partial charge in [-0.15, -0.1) is 0 Å². The Morgan fingerprint density at radius 3 is 2.50 bits per heavy atom. The van der Waals surface area contributed by atoms with Gasteiger partial charge in [-0.25, -0.2) is 14.6 Å². The Balaban J connectivity index is 1.28. The number of hydrogen-bond donors (Lipinski definition) is 2. The number of aromatic nitrogens is 4. The largest absolute Gasteiger partial charge is 0.389 e. The lowest BCUT2D eigenvalue weighted by Gasteiger charge is -2.39. The van der Waals surface area contributed by atoms with Gasteiger partial charge >= 0.3 is 0 Å². The van der Waals surface area contributed by atoms with Crippen LogP contribution in [0.5, 0.6) is 0 Å². The molecule has 6 rings (SSSR count). The molecule has 0 radical (unpaired) electrons. The van der Waals surface area contributed by atoms with Crippen LogP contribution < -0.4 is 5.32 Å². The second-order valence-corrected chi connectivity index (χ2v) is 12.5. The summed E-state index contributed by atoms with van der Waals surface area (Å²) in [6, 6.07) is 10.8. The van der Waals surface area contributed by atoms with Crippen molar-refractivity contribution in [1.29, 1.82) is 0 Å². The highest BCUT2D eigenvalue weighted by atomic mass is 35.5. The molecule has 1 saturated heterocycles. The number of carbonyl (C=O) groups excluding carboxylic acids is 2. The molecular formula is C30H31Cl2N7O3. The van der Waals surface area contributed by atoms with E-state index in [1.165, 1.54) is 9.58 Å². The first-order chi connectivity index (χ1) is 20.0. The molecule has 0 spiro atoms. The van der Waals surface area contributed by atoms with E-state index < -0.39 is 5.60 Å². The zero-order valence-electron chi connectivity index (χ0n) is 23.5. The SMILES string of the molecule is CN1CC[C@H](c2cc3nc(Nc4cnn(CC(C)(C)O)c4Cl)ncc3cc2Cl)C(CN2C(=O)c3ccccc3C2=O)C1. The first kappa shape index (κ1) is 28.5. The summed E-state index contributed by atoms with van der Waals surface area (Å²) in [5.74, 6) is -0.157. The lowest BCUT2D eigenvalue weighted by molar-refractivity contribution is 0.0571. The minimum Gasteiger partial charge on any atom is -0.389 e. The van der Waals surface area contributed by atoms with Crippen molar-refractivity contribution in [3.05, 3.63) is 75.7 Å². The fourth-order valence-electron chi connectivity index (χ4n) is 5.91. The van der Waals surface area contributed by atoms with Crippen LogP contribution in [0.15, 0.2) is 48.8 Å². The molecule has 10 nitrogen and oxygen atoms in total. The third-order valence-electron chi connectivity index (χ3n) is 7.89. The van der Waals surface area contributed by atoms with Crippen LogP contribution in [0.2, 0.25) is 10.2 Å². The number of benzene rings is 2. The molecule has 2 amide bonds. The van der Waals surface area contributed by atoms with Gasteiger partial charge in [0, 0.05) is 29.7 Å². The fraction of sp³-hybridized carbons (Fsp3) is 0.367. The van der Waals surface area contributed by atoms with E-state index in [1.807, 2.05) is 19.2 Å². The Morgan fingerprint density at radius 2 is 1.81 bits per heavy atom. The molecule has 0 bridgehead atoms. The van der Waals surface area contributed by atoms with Crippen LogP contribution in [0, 0.1) is 5.92 Å². The van der Waals surface area contributed by atoms with Gasteiger partial charge in [-0.05, 0) is 75.5 Å². The van der Waals surface area contributed by atoms with Crippen LogP contribution in [0.25, 0.3) is 10.9 Å². The number of amides is 2. The van der Waals surface area contributed by atoms with Crippen molar-refractivity contribution in [3.63, 3.8) is 0 Å². The van der Waals surface area contributed by atoms with Crippen molar-refractivity contribution in [2.24, 2.45) is 5.92 Å². The molecule has 2 atom stereocenters. The highest BCUT2D eigenvalue weighted by Gasteiger charge is 2.40. The van der Waals surface area contributed by atoms with Crippen molar-refractivity contribution in [1.82, 2.24) is 29.5 Å². The third kappa shape index (κ3) is 5.47. The summed E-state index contributed by atoms with van der Waals surface area (Å²) in [6.07, 6.45) is 4.08. The Bertz CT molecular complexity index is 1670. The highest BCUT2D eigenvalue weighted by molar-refractivity contribution is 6.32. The second-order valence-electron chi connectivity index (χ2n) is 11.8.